The van der Waals surface area contributed by atoms with Crippen LogP contribution in [0.5, 0.6) is 0 Å². The highest BCUT2D eigenvalue weighted by Crippen LogP contribution is 1.89. The zero-order chi connectivity index (χ0) is 9.40. The van der Waals surface area contributed by atoms with E-state index >= 15 is 0 Å². The fourth-order valence-corrected chi connectivity index (χ4v) is 0.743. The van der Waals surface area contributed by atoms with Gasteiger partial charge in [0.25, 0.3) is 0 Å². The Hall–Kier alpha value is -0.920. The van der Waals surface area contributed by atoms with E-state index in [9.17, 15) is 4.79 Å². The van der Waals surface area contributed by atoms with Gasteiger partial charge in [-0.2, -0.15) is 0 Å². The topological polar surface area (TPSA) is 29.4 Å². The van der Waals surface area contributed by atoms with E-state index in [4.69, 9.17) is 0 Å². The van der Waals surface area contributed by atoms with Crippen LogP contribution in [0.25, 0.3) is 0 Å². The van der Waals surface area contributed by atoms with Gasteiger partial charge in [-0.1, -0.05) is 19.9 Å². The summed E-state index contributed by atoms with van der Waals surface area (Å²) in [6.07, 6.45) is 5.68. The molecule has 0 radical (unpaired) electrons. The number of nitrogens with zero attached hydrogens (tertiary/aromatic N) is 1. The maximum atomic E-state index is 11.0. The quantitative estimate of drug-likeness (QED) is 0.578. The summed E-state index contributed by atoms with van der Waals surface area (Å²) < 4.78 is 0. The number of ketones is 1. The van der Waals surface area contributed by atoms with Gasteiger partial charge in [0, 0.05) is 13.5 Å². The lowest BCUT2D eigenvalue weighted by atomic mass is 10.2. The Morgan fingerprint density at radius 3 is 2.50 bits per heavy atom. The maximum absolute atomic E-state index is 11.0. The molecular weight excluding hydrogens is 150 g/mol. The lowest BCUT2D eigenvalue weighted by molar-refractivity contribution is -0.111. The van der Waals surface area contributed by atoms with Gasteiger partial charge < -0.3 is 0 Å². The number of carbonyl (C=O) groups is 1. The molecule has 2 heteroatoms. The molecule has 0 saturated carbocycles. The molecule has 2 nitrogen and oxygen atoms in total. The molecule has 0 amide bonds. The Balaban J connectivity index is 4.22. The summed E-state index contributed by atoms with van der Waals surface area (Å²) in [5.74, 6) is 0.0492. The van der Waals surface area contributed by atoms with Gasteiger partial charge in [0.05, 0.1) is 5.71 Å². The zero-order valence-electron chi connectivity index (χ0n) is 8.13. The van der Waals surface area contributed by atoms with Crippen LogP contribution < -0.4 is 0 Å². The van der Waals surface area contributed by atoms with Gasteiger partial charge in [-0.15, -0.1) is 0 Å². The van der Waals surface area contributed by atoms with E-state index in [1.54, 1.807) is 13.0 Å². The Kier molecular flexibility index (Phi) is 6.25. The largest absolute Gasteiger partial charge is 0.293 e. The number of aliphatic imine (C=N–C) groups is 1. The van der Waals surface area contributed by atoms with Crippen LogP contribution in [0.3, 0.4) is 0 Å². The van der Waals surface area contributed by atoms with Crippen molar-refractivity contribution in [3.63, 3.8) is 0 Å². The van der Waals surface area contributed by atoms with E-state index in [1.165, 1.54) is 0 Å². The number of rotatable bonds is 5. The highest BCUT2D eigenvalue weighted by Gasteiger charge is 1.98. The van der Waals surface area contributed by atoms with E-state index in [-0.39, 0.29) is 5.78 Å². The second-order valence-electron chi connectivity index (χ2n) is 2.63. The number of Topliss-reactive ketones (excluding diaryl/α,β-unsaturated/α-hetero) is 1. The van der Waals surface area contributed by atoms with Crippen molar-refractivity contribution < 1.29 is 4.79 Å². The normalized spacial score (nSPS) is 12.4. The second-order valence-corrected chi connectivity index (χ2v) is 2.63. The van der Waals surface area contributed by atoms with Crippen molar-refractivity contribution in [2.75, 3.05) is 6.54 Å². The average Bonchev–Trinajstić information content (AvgIpc) is 2.04. The lowest BCUT2D eigenvalue weighted by Crippen LogP contribution is -2.07. The van der Waals surface area contributed by atoms with Crippen molar-refractivity contribution in [2.24, 2.45) is 4.99 Å². The molecule has 0 bridgehead atoms. The van der Waals surface area contributed by atoms with Gasteiger partial charge in [-0.25, -0.2) is 0 Å². The molecule has 68 valence electrons. The smallest absolute Gasteiger partial charge is 0.177 e. The molecule has 0 unspecified atom stereocenters. The summed E-state index contributed by atoms with van der Waals surface area (Å²) in [5, 5.41) is 0. The lowest BCUT2D eigenvalue weighted by Gasteiger charge is -1.94. The first kappa shape index (κ1) is 11.1. The molecule has 0 aliphatic rings. The third kappa shape index (κ3) is 4.83. The monoisotopic (exact) mass is 167 g/mol. The first-order chi connectivity index (χ1) is 5.72. The van der Waals surface area contributed by atoms with Crippen molar-refractivity contribution in [3.8, 4) is 0 Å². The van der Waals surface area contributed by atoms with E-state index in [0.29, 0.717) is 5.71 Å². The van der Waals surface area contributed by atoms with E-state index in [1.807, 2.05) is 19.9 Å². The number of hydrogen-bond acceptors (Lipinski definition) is 2. The Labute approximate surface area is 74.4 Å². The summed E-state index contributed by atoms with van der Waals surface area (Å²) in [4.78, 5) is 15.1. The minimum atomic E-state index is 0.0492. The molecule has 0 spiro atoms. The maximum Gasteiger partial charge on any atom is 0.177 e. The molecular formula is C10H17NO. The second kappa shape index (κ2) is 6.77. The number of carbonyl (C=O) groups excluding carboxylic acids is 1. The van der Waals surface area contributed by atoms with Crippen LogP contribution in [0.1, 0.15) is 33.6 Å². The molecule has 0 aromatic heterocycles. The summed E-state index contributed by atoms with van der Waals surface area (Å²) in [6.45, 7) is 6.37. The van der Waals surface area contributed by atoms with E-state index < -0.39 is 0 Å². The van der Waals surface area contributed by atoms with Gasteiger partial charge in [0.1, 0.15) is 0 Å². The van der Waals surface area contributed by atoms with Gasteiger partial charge >= 0.3 is 0 Å². The van der Waals surface area contributed by atoms with E-state index in [0.717, 1.165) is 19.4 Å². The summed E-state index contributed by atoms with van der Waals surface area (Å²) in [6, 6.07) is 0. The molecule has 0 aliphatic heterocycles. The standard InChI is InChI=1S/C10H17NO/c1-4-6-7-10(9(3)12)11-8-5-2/h6-7H,4-5,8H2,1-3H3/b7-6-,11-10?. The average molecular weight is 167 g/mol. The molecule has 0 aromatic carbocycles. The Morgan fingerprint density at radius 1 is 1.42 bits per heavy atom. The molecule has 0 fully saturated rings. The highest BCUT2D eigenvalue weighted by molar-refractivity contribution is 6.43. The molecule has 0 aliphatic carbocycles. The summed E-state index contributed by atoms with van der Waals surface area (Å²) in [7, 11) is 0. The molecule has 0 atom stereocenters. The number of hydrogen-bond donors (Lipinski definition) is 0. The fourth-order valence-electron chi connectivity index (χ4n) is 0.743. The van der Waals surface area contributed by atoms with Gasteiger partial charge in [0.2, 0.25) is 0 Å². The van der Waals surface area contributed by atoms with Crippen LogP contribution >= 0.6 is 0 Å². The van der Waals surface area contributed by atoms with Crippen LogP contribution in [0.2, 0.25) is 0 Å². The van der Waals surface area contributed by atoms with Crippen molar-refractivity contribution in [1.82, 2.24) is 0 Å². The predicted octanol–water partition coefficient (Wildman–Crippen LogP) is 2.39. The van der Waals surface area contributed by atoms with Crippen LogP contribution in [-0.4, -0.2) is 18.0 Å². The third-order valence-corrected chi connectivity index (χ3v) is 1.38. The highest BCUT2D eigenvalue weighted by atomic mass is 16.1. The van der Waals surface area contributed by atoms with Crippen LogP contribution in [0, 0.1) is 0 Å². The summed E-state index contributed by atoms with van der Waals surface area (Å²) in [5.41, 5.74) is 0.596. The predicted molar refractivity (Wildman–Crippen MR) is 52.7 cm³/mol. The third-order valence-electron chi connectivity index (χ3n) is 1.38. The minimum Gasteiger partial charge on any atom is -0.293 e. The molecule has 0 N–H and O–H groups in total. The van der Waals surface area contributed by atoms with Gasteiger partial charge in [-0.3, -0.25) is 9.79 Å². The molecule has 0 heterocycles. The number of allylic oxidation sites excluding steroid dienone is 2. The molecule has 0 saturated heterocycles. The molecule has 12 heavy (non-hydrogen) atoms. The van der Waals surface area contributed by atoms with Gasteiger partial charge in [0.15, 0.2) is 5.78 Å². The molecule has 0 aromatic rings. The van der Waals surface area contributed by atoms with E-state index in [2.05, 4.69) is 4.99 Å². The van der Waals surface area contributed by atoms with Gasteiger partial charge in [-0.05, 0) is 18.9 Å². The Bertz CT molecular complexity index is 192. The zero-order valence-corrected chi connectivity index (χ0v) is 8.13. The SMILES string of the molecule is CC/C=C\C(=NCCC)C(C)=O. The first-order valence-corrected chi connectivity index (χ1v) is 4.44. The van der Waals surface area contributed by atoms with Crippen molar-refractivity contribution in [1.29, 1.82) is 0 Å². The van der Waals surface area contributed by atoms with Crippen molar-refractivity contribution >= 4 is 11.5 Å². The first-order valence-electron chi connectivity index (χ1n) is 4.44. The minimum absolute atomic E-state index is 0.0492. The Morgan fingerprint density at radius 2 is 2.08 bits per heavy atom. The van der Waals surface area contributed by atoms with Crippen LogP contribution in [0.15, 0.2) is 17.1 Å². The van der Waals surface area contributed by atoms with Crippen LogP contribution in [-0.2, 0) is 4.79 Å². The van der Waals surface area contributed by atoms with Crippen molar-refractivity contribution in [3.05, 3.63) is 12.2 Å². The fraction of sp³-hybridized carbons (Fsp3) is 0.600. The van der Waals surface area contributed by atoms with Crippen LogP contribution in [0.4, 0.5) is 0 Å². The molecule has 0 rings (SSSR count). The summed E-state index contributed by atoms with van der Waals surface area (Å²) >= 11 is 0. The van der Waals surface area contributed by atoms with Crippen molar-refractivity contribution in [2.45, 2.75) is 33.6 Å².